The van der Waals surface area contributed by atoms with E-state index in [2.05, 4.69) is 36.7 Å². The van der Waals surface area contributed by atoms with Gasteiger partial charge in [0.1, 0.15) is 0 Å². The second-order valence-corrected chi connectivity index (χ2v) is 5.81. The molecule has 0 bridgehead atoms. The lowest BCUT2D eigenvalue weighted by Crippen LogP contribution is -2.33. The Kier molecular flexibility index (Phi) is 5.53. The molecule has 7 nitrogen and oxygen atoms in total. The Balaban J connectivity index is 1.66. The molecule has 1 aliphatic rings. The van der Waals surface area contributed by atoms with Gasteiger partial charge in [-0.1, -0.05) is 0 Å². The quantitative estimate of drug-likeness (QED) is 0.831. The van der Waals surface area contributed by atoms with Crippen LogP contribution in [0.4, 0.5) is 5.95 Å². The Hall–Kier alpha value is -2.28. The van der Waals surface area contributed by atoms with Gasteiger partial charge < -0.3 is 9.64 Å². The van der Waals surface area contributed by atoms with Gasteiger partial charge in [-0.05, 0) is 20.3 Å². The number of rotatable bonds is 5. The van der Waals surface area contributed by atoms with Crippen molar-refractivity contribution in [1.82, 2.24) is 24.8 Å². The van der Waals surface area contributed by atoms with Crippen molar-refractivity contribution >= 4 is 5.95 Å². The van der Waals surface area contributed by atoms with Gasteiger partial charge in [-0.15, -0.1) is 0 Å². The molecule has 7 heteroatoms. The zero-order valence-electron chi connectivity index (χ0n) is 14.3. The summed E-state index contributed by atoms with van der Waals surface area (Å²) in [6, 6.07) is 2.06. The van der Waals surface area contributed by atoms with Crippen LogP contribution in [0.15, 0.2) is 30.9 Å². The molecule has 1 aliphatic heterocycles. The van der Waals surface area contributed by atoms with Crippen LogP contribution in [0.25, 0.3) is 0 Å². The van der Waals surface area contributed by atoms with E-state index in [9.17, 15) is 0 Å². The number of hydrogen-bond donors (Lipinski definition) is 0. The lowest BCUT2D eigenvalue weighted by molar-refractivity contribution is 0.222. The molecule has 0 unspecified atom stereocenters. The highest BCUT2D eigenvalue weighted by Gasteiger charge is 2.22. The minimum atomic E-state index is 0.259. The SMILES string of the molecule is CCOc1ccnc(N2CCCN([C@H](C)c3cnccn3)CC2)n1. The molecule has 0 spiro atoms. The largest absolute Gasteiger partial charge is 0.478 e. The smallest absolute Gasteiger partial charge is 0.228 e. The van der Waals surface area contributed by atoms with E-state index in [-0.39, 0.29) is 6.04 Å². The van der Waals surface area contributed by atoms with Gasteiger partial charge in [0.25, 0.3) is 0 Å². The van der Waals surface area contributed by atoms with Crippen molar-refractivity contribution in [2.75, 3.05) is 37.7 Å². The summed E-state index contributed by atoms with van der Waals surface area (Å²) in [4.78, 5) is 22.2. The molecule has 2 aromatic heterocycles. The summed E-state index contributed by atoms with van der Waals surface area (Å²) in [5.41, 5.74) is 1.01. The van der Waals surface area contributed by atoms with Crippen LogP contribution in [0.1, 0.15) is 32.0 Å². The predicted octanol–water partition coefficient (Wildman–Crippen LogP) is 1.94. The van der Waals surface area contributed by atoms with E-state index < -0.39 is 0 Å². The molecule has 0 aromatic carbocycles. The highest BCUT2D eigenvalue weighted by Crippen LogP contribution is 2.21. The fourth-order valence-corrected chi connectivity index (χ4v) is 2.95. The number of hydrogen-bond acceptors (Lipinski definition) is 7. The number of ether oxygens (including phenoxy) is 1. The van der Waals surface area contributed by atoms with E-state index in [4.69, 9.17) is 4.74 Å². The first-order chi connectivity index (χ1) is 11.8. The average Bonchev–Trinajstić information content (AvgIpc) is 2.89. The fraction of sp³-hybridized carbons (Fsp3) is 0.529. The van der Waals surface area contributed by atoms with Gasteiger partial charge in [0.2, 0.25) is 11.8 Å². The maximum Gasteiger partial charge on any atom is 0.228 e. The summed E-state index contributed by atoms with van der Waals surface area (Å²) in [6.07, 6.45) is 8.14. The maximum absolute atomic E-state index is 5.48. The first kappa shape index (κ1) is 16.6. The lowest BCUT2D eigenvalue weighted by Gasteiger charge is -2.27. The molecule has 0 radical (unpaired) electrons. The Morgan fingerprint density at radius 3 is 2.83 bits per heavy atom. The summed E-state index contributed by atoms with van der Waals surface area (Å²) in [5.74, 6) is 1.38. The Labute approximate surface area is 142 Å². The monoisotopic (exact) mass is 328 g/mol. The lowest BCUT2D eigenvalue weighted by atomic mass is 10.2. The molecular weight excluding hydrogens is 304 g/mol. The van der Waals surface area contributed by atoms with Crippen molar-refractivity contribution in [1.29, 1.82) is 0 Å². The minimum Gasteiger partial charge on any atom is -0.478 e. The third-order valence-corrected chi connectivity index (χ3v) is 4.28. The van der Waals surface area contributed by atoms with Gasteiger partial charge in [-0.3, -0.25) is 14.9 Å². The molecule has 2 aromatic rings. The van der Waals surface area contributed by atoms with Gasteiger partial charge in [-0.25, -0.2) is 4.98 Å². The van der Waals surface area contributed by atoms with Crippen molar-refractivity contribution in [2.45, 2.75) is 26.3 Å². The van der Waals surface area contributed by atoms with Crippen molar-refractivity contribution in [3.05, 3.63) is 36.5 Å². The van der Waals surface area contributed by atoms with Crippen LogP contribution in [-0.4, -0.2) is 57.6 Å². The van der Waals surface area contributed by atoms with Crippen molar-refractivity contribution < 1.29 is 4.74 Å². The molecule has 24 heavy (non-hydrogen) atoms. The number of aromatic nitrogens is 4. The molecule has 3 heterocycles. The zero-order valence-corrected chi connectivity index (χ0v) is 14.3. The number of nitrogens with zero attached hydrogens (tertiary/aromatic N) is 6. The van der Waals surface area contributed by atoms with E-state index in [1.165, 1.54) is 0 Å². The molecule has 1 atom stereocenters. The second-order valence-electron chi connectivity index (χ2n) is 5.81. The first-order valence-electron chi connectivity index (χ1n) is 8.48. The van der Waals surface area contributed by atoms with Crippen molar-refractivity contribution in [3.63, 3.8) is 0 Å². The van der Waals surface area contributed by atoms with Crippen LogP contribution in [0.2, 0.25) is 0 Å². The van der Waals surface area contributed by atoms with E-state index in [0.29, 0.717) is 12.5 Å². The van der Waals surface area contributed by atoms with Crippen LogP contribution >= 0.6 is 0 Å². The molecule has 3 rings (SSSR count). The second kappa shape index (κ2) is 8.01. The summed E-state index contributed by atoms with van der Waals surface area (Å²) >= 11 is 0. The van der Waals surface area contributed by atoms with Crippen LogP contribution in [0, 0.1) is 0 Å². The molecule has 0 aliphatic carbocycles. The standard InChI is InChI=1S/C17H24N6O/c1-3-24-16-5-6-20-17(21-16)23-10-4-9-22(11-12-23)14(2)15-13-18-7-8-19-15/h5-8,13-14H,3-4,9-12H2,1-2H3/t14-/m1/s1. The third-order valence-electron chi connectivity index (χ3n) is 4.28. The molecule has 1 saturated heterocycles. The fourth-order valence-electron chi connectivity index (χ4n) is 2.95. The van der Waals surface area contributed by atoms with Gasteiger partial charge in [0.05, 0.1) is 18.3 Å². The summed E-state index contributed by atoms with van der Waals surface area (Å²) < 4.78 is 5.48. The van der Waals surface area contributed by atoms with E-state index >= 15 is 0 Å². The highest BCUT2D eigenvalue weighted by atomic mass is 16.5. The summed E-state index contributed by atoms with van der Waals surface area (Å²) in [7, 11) is 0. The summed E-state index contributed by atoms with van der Waals surface area (Å²) in [5, 5.41) is 0. The van der Waals surface area contributed by atoms with Gasteiger partial charge >= 0.3 is 0 Å². The molecule has 0 saturated carbocycles. The molecule has 128 valence electrons. The van der Waals surface area contributed by atoms with Crippen LogP contribution < -0.4 is 9.64 Å². The van der Waals surface area contributed by atoms with Crippen molar-refractivity contribution in [3.8, 4) is 5.88 Å². The Morgan fingerprint density at radius 1 is 1.12 bits per heavy atom. The van der Waals surface area contributed by atoms with Crippen molar-refractivity contribution in [2.24, 2.45) is 0 Å². The summed E-state index contributed by atoms with van der Waals surface area (Å²) in [6.45, 7) is 8.56. The highest BCUT2D eigenvalue weighted by molar-refractivity contribution is 5.32. The Bertz CT molecular complexity index is 638. The predicted molar refractivity (Wildman–Crippen MR) is 92.1 cm³/mol. The average molecular weight is 328 g/mol. The van der Waals surface area contributed by atoms with E-state index in [1.807, 2.05) is 13.1 Å². The normalized spacial score (nSPS) is 17.3. The molecule has 0 N–H and O–H groups in total. The maximum atomic E-state index is 5.48. The Morgan fingerprint density at radius 2 is 2.04 bits per heavy atom. The molecular formula is C17H24N6O. The third kappa shape index (κ3) is 3.97. The van der Waals surface area contributed by atoms with E-state index in [1.54, 1.807) is 24.7 Å². The van der Waals surface area contributed by atoms with Crippen LogP contribution in [0.5, 0.6) is 5.88 Å². The zero-order chi connectivity index (χ0) is 16.8. The van der Waals surface area contributed by atoms with Crippen LogP contribution in [0.3, 0.4) is 0 Å². The topological polar surface area (TPSA) is 67.3 Å². The van der Waals surface area contributed by atoms with E-state index in [0.717, 1.165) is 44.2 Å². The first-order valence-corrected chi connectivity index (χ1v) is 8.48. The molecule has 1 fully saturated rings. The minimum absolute atomic E-state index is 0.259. The van der Waals surface area contributed by atoms with Gasteiger partial charge in [0, 0.05) is 57.0 Å². The van der Waals surface area contributed by atoms with Gasteiger partial charge in [-0.2, -0.15) is 4.98 Å². The number of anilines is 1. The van der Waals surface area contributed by atoms with Gasteiger partial charge in [0.15, 0.2) is 0 Å². The van der Waals surface area contributed by atoms with Crippen LogP contribution in [-0.2, 0) is 0 Å². The molecule has 0 amide bonds.